The van der Waals surface area contributed by atoms with Crippen LogP contribution in [0.15, 0.2) is 54.6 Å². The topological polar surface area (TPSA) is 63.3 Å². The lowest BCUT2D eigenvalue weighted by Gasteiger charge is -2.06. The van der Waals surface area contributed by atoms with E-state index < -0.39 is 12.0 Å². The summed E-state index contributed by atoms with van der Waals surface area (Å²) in [6, 6.07) is 16.9. The molecule has 1 unspecified atom stereocenters. The molecule has 3 heteroatoms. The molecule has 3 N–H and O–H groups in total. The Morgan fingerprint density at radius 3 is 2.40 bits per heavy atom. The first kappa shape index (κ1) is 14.0. The van der Waals surface area contributed by atoms with Crippen molar-refractivity contribution in [3.63, 3.8) is 0 Å². The van der Waals surface area contributed by atoms with Crippen molar-refractivity contribution in [3.05, 3.63) is 71.3 Å². The van der Waals surface area contributed by atoms with Gasteiger partial charge >= 0.3 is 5.97 Å². The molecule has 0 heterocycles. The van der Waals surface area contributed by atoms with E-state index in [9.17, 15) is 4.79 Å². The summed E-state index contributed by atoms with van der Waals surface area (Å²) < 4.78 is 0. The Hall–Kier alpha value is -2.39. The third-order valence-corrected chi connectivity index (χ3v) is 2.99. The van der Waals surface area contributed by atoms with Gasteiger partial charge in [-0.2, -0.15) is 0 Å². The van der Waals surface area contributed by atoms with Gasteiger partial charge in [0, 0.05) is 0 Å². The van der Waals surface area contributed by atoms with Gasteiger partial charge < -0.3 is 10.8 Å². The van der Waals surface area contributed by atoms with Gasteiger partial charge in [-0.25, -0.2) is 0 Å². The van der Waals surface area contributed by atoms with Crippen LogP contribution in [0.2, 0.25) is 0 Å². The summed E-state index contributed by atoms with van der Waals surface area (Å²) in [6.45, 7) is 0. The van der Waals surface area contributed by atoms with Crippen LogP contribution in [0.5, 0.6) is 0 Å². The van der Waals surface area contributed by atoms with E-state index in [4.69, 9.17) is 10.8 Å². The molecule has 1 atom stereocenters. The number of carboxylic acids is 1. The van der Waals surface area contributed by atoms with Crippen LogP contribution in [-0.4, -0.2) is 17.1 Å². The highest BCUT2D eigenvalue weighted by Gasteiger charge is 2.11. The van der Waals surface area contributed by atoms with Crippen molar-refractivity contribution >= 4 is 18.1 Å². The van der Waals surface area contributed by atoms with E-state index in [1.165, 1.54) is 0 Å². The molecule has 102 valence electrons. The Bertz CT molecular complexity index is 605. The first-order valence-electron chi connectivity index (χ1n) is 6.45. The van der Waals surface area contributed by atoms with Crippen LogP contribution in [-0.2, 0) is 11.2 Å². The zero-order valence-corrected chi connectivity index (χ0v) is 11.1. The largest absolute Gasteiger partial charge is 0.480 e. The van der Waals surface area contributed by atoms with Crippen molar-refractivity contribution in [2.24, 2.45) is 5.73 Å². The van der Waals surface area contributed by atoms with E-state index in [0.717, 1.165) is 16.7 Å². The number of hydrogen-bond donors (Lipinski definition) is 2. The number of benzene rings is 2. The summed E-state index contributed by atoms with van der Waals surface area (Å²) in [6.07, 6.45) is 4.36. The average Bonchev–Trinajstić information content (AvgIpc) is 2.46. The van der Waals surface area contributed by atoms with Crippen molar-refractivity contribution in [2.45, 2.75) is 12.5 Å². The monoisotopic (exact) mass is 267 g/mol. The van der Waals surface area contributed by atoms with Gasteiger partial charge in [0.25, 0.3) is 0 Å². The van der Waals surface area contributed by atoms with Crippen molar-refractivity contribution in [3.8, 4) is 0 Å². The molecule has 20 heavy (non-hydrogen) atoms. The first-order chi connectivity index (χ1) is 9.65. The minimum Gasteiger partial charge on any atom is -0.480 e. The molecule has 2 aromatic rings. The van der Waals surface area contributed by atoms with Crippen LogP contribution in [0.4, 0.5) is 0 Å². The zero-order valence-electron chi connectivity index (χ0n) is 11.1. The summed E-state index contributed by atoms with van der Waals surface area (Å²) in [5.74, 6) is -0.977. The Kier molecular flexibility index (Phi) is 4.69. The quantitative estimate of drug-likeness (QED) is 0.819. The SMILES string of the molecule is NC(Cc1cccc(C=Cc2ccccc2)c1)C(=O)O. The molecule has 0 spiro atoms. The van der Waals surface area contributed by atoms with E-state index in [1.807, 2.05) is 66.7 Å². The standard InChI is InChI=1S/C17H17NO2/c18-16(17(19)20)12-15-8-4-7-14(11-15)10-9-13-5-2-1-3-6-13/h1-11,16H,12,18H2,(H,19,20). The summed E-state index contributed by atoms with van der Waals surface area (Å²) in [5.41, 5.74) is 8.63. The Morgan fingerprint density at radius 2 is 1.70 bits per heavy atom. The molecule has 0 aromatic heterocycles. The minimum atomic E-state index is -0.977. The molecule has 0 saturated heterocycles. The van der Waals surface area contributed by atoms with Crippen molar-refractivity contribution < 1.29 is 9.90 Å². The third kappa shape index (κ3) is 4.07. The van der Waals surface area contributed by atoms with Gasteiger partial charge in [0.2, 0.25) is 0 Å². The fourth-order valence-corrected chi connectivity index (χ4v) is 1.92. The van der Waals surface area contributed by atoms with Crippen LogP contribution in [0, 0.1) is 0 Å². The van der Waals surface area contributed by atoms with Crippen molar-refractivity contribution in [1.82, 2.24) is 0 Å². The second-order valence-corrected chi connectivity index (χ2v) is 4.64. The highest BCUT2D eigenvalue weighted by atomic mass is 16.4. The van der Waals surface area contributed by atoms with Gasteiger partial charge in [-0.05, 0) is 23.1 Å². The smallest absolute Gasteiger partial charge is 0.320 e. The highest BCUT2D eigenvalue weighted by Crippen LogP contribution is 2.11. The predicted molar refractivity (Wildman–Crippen MR) is 81.1 cm³/mol. The zero-order chi connectivity index (χ0) is 14.4. The number of nitrogens with two attached hydrogens (primary N) is 1. The van der Waals surface area contributed by atoms with Gasteiger partial charge in [-0.1, -0.05) is 66.7 Å². The number of aliphatic carboxylic acids is 1. The molecule has 3 nitrogen and oxygen atoms in total. The van der Waals surface area contributed by atoms with Crippen LogP contribution >= 0.6 is 0 Å². The number of rotatable bonds is 5. The molecule has 2 aromatic carbocycles. The lowest BCUT2D eigenvalue weighted by molar-refractivity contribution is -0.138. The second-order valence-electron chi connectivity index (χ2n) is 4.64. The minimum absolute atomic E-state index is 0.336. The molecule has 0 saturated carbocycles. The fraction of sp³-hybridized carbons (Fsp3) is 0.118. The maximum atomic E-state index is 10.8. The maximum Gasteiger partial charge on any atom is 0.320 e. The highest BCUT2D eigenvalue weighted by molar-refractivity contribution is 5.74. The van der Waals surface area contributed by atoms with Crippen molar-refractivity contribution in [1.29, 1.82) is 0 Å². The molecular formula is C17H17NO2. The van der Waals surface area contributed by atoms with Gasteiger partial charge in [0.15, 0.2) is 0 Å². The van der Waals surface area contributed by atoms with Gasteiger partial charge in [-0.3, -0.25) is 4.79 Å². The summed E-state index contributed by atoms with van der Waals surface area (Å²) >= 11 is 0. The second kappa shape index (κ2) is 6.68. The number of carbonyl (C=O) groups is 1. The van der Waals surface area contributed by atoms with Crippen molar-refractivity contribution in [2.75, 3.05) is 0 Å². The molecule has 0 radical (unpaired) electrons. The molecule has 2 rings (SSSR count). The van der Waals surface area contributed by atoms with Crippen LogP contribution < -0.4 is 5.73 Å². The van der Waals surface area contributed by atoms with E-state index >= 15 is 0 Å². The Morgan fingerprint density at radius 1 is 1.05 bits per heavy atom. The van der Waals surface area contributed by atoms with Crippen LogP contribution in [0.1, 0.15) is 16.7 Å². The molecule has 0 fully saturated rings. The van der Waals surface area contributed by atoms with Gasteiger partial charge in [0.05, 0.1) is 0 Å². The Balaban J connectivity index is 2.10. The van der Waals surface area contributed by atoms with E-state index in [0.29, 0.717) is 6.42 Å². The van der Waals surface area contributed by atoms with Gasteiger partial charge in [0.1, 0.15) is 6.04 Å². The third-order valence-electron chi connectivity index (χ3n) is 2.99. The normalized spacial score (nSPS) is 12.4. The van der Waals surface area contributed by atoms with Crippen LogP contribution in [0.3, 0.4) is 0 Å². The van der Waals surface area contributed by atoms with E-state index in [-0.39, 0.29) is 0 Å². The van der Waals surface area contributed by atoms with Gasteiger partial charge in [-0.15, -0.1) is 0 Å². The molecule has 0 amide bonds. The predicted octanol–water partition coefficient (Wildman–Crippen LogP) is 2.81. The molecule has 0 bridgehead atoms. The molecule has 0 aliphatic carbocycles. The summed E-state index contributed by atoms with van der Waals surface area (Å²) in [7, 11) is 0. The molecule has 0 aliphatic heterocycles. The van der Waals surface area contributed by atoms with E-state index in [1.54, 1.807) is 0 Å². The maximum absolute atomic E-state index is 10.8. The first-order valence-corrected chi connectivity index (χ1v) is 6.45. The average molecular weight is 267 g/mol. The molecule has 0 aliphatic rings. The fourth-order valence-electron chi connectivity index (χ4n) is 1.92. The number of carboxylic acid groups (broad SMARTS) is 1. The van der Waals surface area contributed by atoms with Crippen LogP contribution in [0.25, 0.3) is 12.2 Å². The Labute approximate surface area is 118 Å². The van der Waals surface area contributed by atoms with E-state index in [2.05, 4.69) is 0 Å². The summed E-state index contributed by atoms with van der Waals surface area (Å²) in [4.78, 5) is 10.8. The lowest BCUT2D eigenvalue weighted by Crippen LogP contribution is -2.32. The lowest BCUT2D eigenvalue weighted by atomic mass is 10.0. The number of hydrogen-bond acceptors (Lipinski definition) is 2. The molecular weight excluding hydrogens is 250 g/mol. The summed E-state index contributed by atoms with van der Waals surface area (Å²) in [5, 5.41) is 8.83.